The first-order valence-electron chi connectivity index (χ1n) is 6.57. The number of hydrogen-bond acceptors (Lipinski definition) is 4. The summed E-state index contributed by atoms with van der Waals surface area (Å²) in [5.74, 6) is 1.83. The molecule has 5 unspecified atom stereocenters. The van der Waals surface area contributed by atoms with E-state index in [1.807, 2.05) is 0 Å². The van der Waals surface area contributed by atoms with E-state index >= 15 is 0 Å². The molecule has 4 saturated heterocycles. The van der Waals surface area contributed by atoms with E-state index in [2.05, 4.69) is 21.3 Å². The van der Waals surface area contributed by atoms with Gasteiger partial charge in [-0.3, -0.25) is 4.84 Å². The molecule has 4 heterocycles. The second-order valence-electron chi connectivity index (χ2n) is 5.68. The lowest BCUT2D eigenvalue weighted by molar-refractivity contribution is -0.159. The summed E-state index contributed by atoms with van der Waals surface area (Å²) in [6, 6.07) is 0. The Balaban J connectivity index is 1.46. The van der Waals surface area contributed by atoms with Crippen LogP contribution in [-0.2, 0) is 4.84 Å². The van der Waals surface area contributed by atoms with Crippen molar-refractivity contribution in [2.45, 2.75) is 30.9 Å². The minimum atomic E-state index is 0.657. The molecule has 0 aliphatic carbocycles. The lowest BCUT2D eigenvalue weighted by atomic mass is 9.93. The molecular weight excluding hydrogens is 220 g/mol. The van der Waals surface area contributed by atoms with E-state index in [9.17, 15) is 0 Å². The number of nitrogens with zero attached hydrogens (tertiary/aromatic N) is 2. The van der Waals surface area contributed by atoms with Gasteiger partial charge in [0, 0.05) is 26.2 Å². The van der Waals surface area contributed by atoms with Crippen molar-refractivity contribution in [1.29, 1.82) is 0 Å². The van der Waals surface area contributed by atoms with Crippen molar-refractivity contribution in [2.75, 3.05) is 26.2 Å². The summed E-state index contributed by atoms with van der Waals surface area (Å²) in [6.07, 6.45) is 6.72. The van der Waals surface area contributed by atoms with Gasteiger partial charge in [-0.2, -0.15) is 5.06 Å². The van der Waals surface area contributed by atoms with E-state index in [0.717, 1.165) is 18.4 Å². The fraction of sp³-hybridized carbons (Fsp3) is 0.917. The number of fused-ring (bicyclic) bond motifs is 4. The Labute approximate surface area is 102 Å². The van der Waals surface area contributed by atoms with E-state index in [1.165, 1.54) is 51.4 Å². The molecule has 4 fully saturated rings. The van der Waals surface area contributed by atoms with Gasteiger partial charge in [0.1, 0.15) is 6.10 Å². The van der Waals surface area contributed by atoms with Crippen molar-refractivity contribution >= 4 is 11.9 Å². The van der Waals surface area contributed by atoms with Crippen molar-refractivity contribution in [3.63, 3.8) is 0 Å². The highest BCUT2D eigenvalue weighted by atomic mass is 32.2. The van der Waals surface area contributed by atoms with Gasteiger partial charge in [-0.05, 0) is 37.5 Å². The summed E-state index contributed by atoms with van der Waals surface area (Å²) in [6.45, 7) is 4.95. The second-order valence-corrected chi connectivity index (χ2v) is 6.97. The van der Waals surface area contributed by atoms with Crippen molar-refractivity contribution < 1.29 is 4.84 Å². The Morgan fingerprint density at radius 3 is 2.94 bits per heavy atom. The summed E-state index contributed by atoms with van der Waals surface area (Å²) in [7, 11) is 0. The third kappa shape index (κ3) is 1.70. The molecule has 0 aromatic carbocycles. The van der Waals surface area contributed by atoms with Gasteiger partial charge in [0.25, 0.3) is 0 Å². The van der Waals surface area contributed by atoms with Crippen molar-refractivity contribution in [3.05, 3.63) is 6.10 Å². The zero-order chi connectivity index (χ0) is 10.5. The van der Waals surface area contributed by atoms with Gasteiger partial charge in [-0.25, -0.2) is 4.31 Å². The van der Waals surface area contributed by atoms with Crippen LogP contribution in [0, 0.1) is 17.9 Å². The second kappa shape index (κ2) is 3.87. The van der Waals surface area contributed by atoms with Crippen LogP contribution in [0.2, 0.25) is 0 Å². The monoisotopic (exact) mass is 239 g/mol. The molecule has 0 aromatic rings. The molecule has 4 heteroatoms. The van der Waals surface area contributed by atoms with Crippen LogP contribution in [0.1, 0.15) is 25.7 Å². The highest BCUT2D eigenvalue weighted by Crippen LogP contribution is 2.46. The smallest absolute Gasteiger partial charge is 0.135 e. The van der Waals surface area contributed by atoms with Crippen LogP contribution in [-0.4, -0.2) is 40.8 Å². The molecular formula is C12H19N2OS. The highest BCUT2D eigenvalue weighted by Gasteiger charge is 2.43. The fourth-order valence-corrected chi connectivity index (χ4v) is 5.01. The molecule has 4 rings (SSSR count). The SMILES string of the molecule is C1CN2CC1C[C](C1CC3CCN(C3)S1)O2. The largest absolute Gasteiger partial charge is 0.288 e. The molecule has 4 aliphatic heterocycles. The average molecular weight is 239 g/mol. The maximum Gasteiger partial charge on any atom is 0.135 e. The van der Waals surface area contributed by atoms with Crippen LogP contribution >= 0.6 is 11.9 Å². The van der Waals surface area contributed by atoms with Crippen LogP contribution < -0.4 is 0 Å². The molecule has 1 radical (unpaired) electrons. The molecule has 16 heavy (non-hydrogen) atoms. The maximum atomic E-state index is 6.04. The summed E-state index contributed by atoms with van der Waals surface area (Å²) in [5, 5.41) is 2.85. The summed E-state index contributed by atoms with van der Waals surface area (Å²) < 4.78 is 2.56. The first-order valence-corrected chi connectivity index (χ1v) is 7.41. The molecule has 0 saturated carbocycles. The topological polar surface area (TPSA) is 15.7 Å². The number of hydrogen-bond donors (Lipinski definition) is 0. The van der Waals surface area contributed by atoms with E-state index in [0.29, 0.717) is 5.25 Å². The van der Waals surface area contributed by atoms with Gasteiger partial charge >= 0.3 is 0 Å². The lowest BCUT2D eigenvalue weighted by Crippen LogP contribution is -2.38. The molecule has 5 atom stereocenters. The van der Waals surface area contributed by atoms with E-state index in [1.54, 1.807) is 0 Å². The first kappa shape index (κ1) is 10.2. The van der Waals surface area contributed by atoms with Gasteiger partial charge in [0.05, 0.1) is 5.25 Å². The Morgan fingerprint density at radius 1 is 1.12 bits per heavy atom. The average Bonchev–Trinajstić information content (AvgIpc) is 2.81. The minimum Gasteiger partial charge on any atom is -0.288 e. The van der Waals surface area contributed by atoms with Gasteiger partial charge in [0.2, 0.25) is 0 Å². The minimum absolute atomic E-state index is 0.657. The molecule has 4 bridgehead atoms. The molecule has 3 nitrogen and oxygen atoms in total. The Kier molecular flexibility index (Phi) is 2.46. The quantitative estimate of drug-likeness (QED) is 0.649. The zero-order valence-electron chi connectivity index (χ0n) is 9.60. The van der Waals surface area contributed by atoms with Crippen molar-refractivity contribution in [2.24, 2.45) is 11.8 Å². The third-order valence-electron chi connectivity index (χ3n) is 4.42. The zero-order valence-corrected chi connectivity index (χ0v) is 10.4. The van der Waals surface area contributed by atoms with Gasteiger partial charge < -0.3 is 0 Å². The van der Waals surface area contributed by atoms with Gasteiger partial charge in [-0.15, -0.1) is 0 Å². The molecule has 0 aromatic heterocycles. The molecule has 89 valence electrons. The van der Waals surface area contributed by atoms with Crippen molar-refractivity contribution in [3.8, 4) is 0 Å². The van der Waals surface area contributed by atoms with E-state index in [-0.39, 0.29) is 0 Å². The van der Waals surface area contributed by atoms with Crippen LogP contribution in [0.5, 0.6) is 0 Å². The molecule has 0 amide bonds. The Bertz CT molecular complexity index is 236. The van der Waals surface area contributed by atoms with Crippen molar-refractivity contribution in [1.82, 2.24) is 9.37 Å². The van der Waals surface area contributed by atoms with Crippen LogP contribution in [0.25, 0.3) is 0 Å². The van der Waals surface area contributed by atoms with Crippen LogP contribution in [0.3, 0.4) is 0 Å². The van der Waals surface area contributed by atoms with Crippen LogP contribution in [0.4, 0.5) is 0 Å². The standard InChI is InChI=1S/C12H19N2OS/c1-3-13-7-9(1)5-11(15-13)12-6-10-2-4-14(8-10)16-12/h9-10,12H,1-8H2. The lowest BCUT2D eigenvalue weighted by Gasteiger charge is -2.37. The Hall–Kier alpha value is 0.230. The number of rotatable bonds is 1. The predicted octanol–water partition coefficient (Wildman–Crippen LogP) is 1.92. The van der Waals surface area contributed by atoms with Gasteiger partial charge in [-0.1, -0.05) is 11.9 Å². The van der Waals surface area contributed by atoms with Gasteiger partial charge in [0.15, 0.2) is 0 Å². The molecule has 4 aliphatic rings. The number of hydroxylamine groups is 2. The first-order chi connectivity index (χ1) is 7.87. The van der Waals surface area contributed by atoms with E-state index < -0.39 is 0 Å². The Morgan fingerprint density at radius 2 is 2.06 bits per heavy atom. The third-order valence-corrected chi connectivity index (χ3v) is 5.76. The molecule has 0 N–H and O–H groups in total. The predicted molar refractivity (Wildman–Crippen MR) is 64.3 cm³/mol. The van der Waals surface area contributed by atoms with E-state index in [4.69, 9.17) is 4.84 Å². The highest BCUT2D eigenvalue weighted by molar-refractivity contribution is 7.97. The maximum absolute atomic E-state index is 6.04. The summed E-state index contributed by atoms with van der Waals surface area (Å²) in [5.41, 5.74) is 0. The fourth-order valence-electron chi connectivity index (χ4n) is 3.53. The normalized spacial score (nSPS) is 52.1. The van der Waals surface area contributed by atoms with Crippen LogP contribution in [0.15, 0.2) is 0 Å². The summed E-state index contributed by atoms with van der Waals surface area (Å²) >= 11 is 2.06. The summed E-state index contributed by atoms with van der Waals surface area (Å²) in [4.78, 5) is 6.04. The molecule has 0 spiro atoms.